The van der Waals surface area contributed by atoms with Crippen LogP contribution in [0, 0.1) is 47.1 Å². The zero-order valence-corrected chi connectivity index (χ0v) is 28.1. The second-order valence-electron chi connectivity index (χ2n) is 11.4. The molecule has 8 aromatic rings. The van der Waals surface area contributed by atoms with Gasteiger partial charge in [-0.3, -0.25) is 19.2 Å². The van der Waals surface area contributed by atoms with Crippen LogP contribution in [0.2, 0.25) is 0 Å². The third-order valence-corrected chi connectivity index (χ3v) is 11.2. The van der Waals surface area contributed by atoms with Crippen molar-refractivity contribution in [2.75, 3.05) is 0 Å². The number of hydrogen-bond donors (Lipinski definition) is 0. The Bertz CT molecular complexity index is 3440. The van der Waals surface area contributed by atoms with E-state index < -0.39 is 22.2 Å². The van der Waals surface area contributed by atoms with Crippen LogP contribution in [-0.2, 0) is 0 Å². The summed E-state index contributed by atoms with van der Waals surface area (Å²) in [6, 6.07) is 24.9. The summed E-state index contributed by atoms with van der Waals surface area (Å²) in [5, 5.41) is 28.4. The fourth-order valence-corrected chi connectivity index (χ4v) is 8.97. The Balaban J connectivity index is 1.67. The van der Waals surface area contributed by atoms with E-state index in [1.54, 1.807) is 18.2 Å². The molecule has 0 fully saturated rings. The van der Waals surface area contributed by atoms with Gasteiger partial charge in [-0.15, -0.1) is 22.7 Å². The van der Waals surface area contributed by atoms with Crippen molar-refractivity contribution in [2.24, 2.45) is 0 Å². The van der Waals surface area contributed by atoms with Crippen LogP contribution in [0.5, 0.6) is 11.5 Å². The number of nitrogens with zero attached hydrogens (tertiary/aromatic N) is 7. The zero-order chi connectivity index (χ0) is 37.1. The van der Waals surface area contributed by atoms with Crippen LogP contribution < -0.4 is 30.8 Å². The number of aromatic nitrogens is 2. The Morgan fingerprint density at radius 3 is 1.83 bits per heavy atom. The van der Waals surface area contributed by atoms with E-state index in [9.17, 15) is 35.0 Å². The third-order valence-electron chi connectivity index (χ3n) is 8.62. The number of pyridine rings is 2. The molecule has 0 N–H and O–H groups in total. The van der Waals surface area contributed by atoms with Gasteiger partial charge in [0.05, 0.1) is 83.0 Å². The van der Waals surface area contributed by atoms with E-state index in [0.29, 0.717) is 0 Å². The monoisotopic (exact) mass is 723 g/mol. The first kappa shape index (κ1) is 32.3. The van der Waals surface area contributed by atoms with Crippen LogP contribution in [0.1, 0.15) is 11.1 Å². The molecule has 0 saturated heterocycles. The van der Waals surface area contributed by atoms with Crippen molar-refractivity contribution in [2.45, 2.75) is 0 Å². The second kappa shape index (κ2) is 12.1. The van der Waals surface area contributed by atoms with Gasteiger partial charge in [0.25, 0.3) is 27.9 Å². The van der Waals surface area contributed by atoms with Crippen molar-refractivity contribution in [3.63, 3.8) is 0 Å². The van der Waals surface area contributed by atoms with Crippen LogP contribution in [0.3, 0.4) is 0 Å². The van der Waals surface area contributed by atoms with Gasteiger partial charge in [-0.05, 0) is 60.7 Å². The van der Waals surface area contributed by atoms with Crippen LogP contribution in [-0.4, -0.2) is 9.13 Å². The number of rotatable bonds is 4. The fourth-order valence-electron chi connectivity index (χ4n) is 6.33. The summed E-state index contributed by atoms with van der Waals surface area (Å²) in [4.78, 5) is 65.3. The molecular weight excluding hydrogens is 711 g/mol. The summed E-state index contributed by atoms with van der Waals surface area (Å²) >= 11 is 1.87. The third kappa shape index (κ3) is 4.76. The van der Waals surface area contributed by atoms with E-state index in [4.69, 9.17) is 17.9 Å². The highest BCUT2D eigenvalue weighted by atomic mass is 32.2. The summed E-state index contributed by atoms with van der Waals surface area (Å²) in [5.74, 6) is -0.00983. The highest BCUT2D eigenvalue weighted by Crippen LogP contribution is 2.43. The first-order valence-corrected chi connectivity index (χ1v) is 16.9. The summed E-state index contributed by atoms with van der Waals surface area (Å²) < 4.78 is 8.73. The minimum Gasteiger partial charge on any atom is -0.456 e. The van der Waals surface area contributed by atoms with Gasteiger partial charge in [0.1, 0.15) is 11.5 Å². The van der Waals surface area contributed by atoms with Gasteiger partial charge in [-0.1, -0.05) is 18.2 Å². The lowest BCUT2D eigenvalue weighted by Crippen LogP contribution is -2.34. The maximum atomic E-state index is 14.7. The quantitative estimate of drug-likeness (QED) is 0.152. The van der Waals surface area contributed by atoms with Crippen LogP contribution >= 0.6 is 22.7 Å². The van der Waals surface area contributed by atoms with E-state index in [-0.39, 0.29) is 90.9 Å². The van der Waals surface area contributed by atoms with Crippen LogP contribution in [0.25, 0.3) is 68.5 Å². The Labute approximate surface area is 303 Å². The van der Waals surface area contributed by atoms with E-state index in [2.05, 4.69) is 9.69 Å². The number of fused-ring (bicyclic) bond motifs is 3. The summed E-state index contributed by atoms with van der Waals surface area (Å²) in [7, 11) is 0. The molecule has 3 heterocycles. The Morgan fingerprint density at radius 1 is 0.660 bits per heavy atom. The lowest BCUT2D eigenvalue weighted by molar-refractivity contribution is 0.488. The molecule has 0 atom stereocenters. The largest absolute Gasteiger partial charge is 0.456 e. The van der Waals surface area contributed by atoms with Crippen molar-refractivity contribution in [1.82, 2.24) is 9.13 Å². The molecule has 0 amide bonds. The molecule has 0 saturated carbocycles. The number of ether oxygens (including phenoxy) is 1. The molecule has 5 aromatic carbocycles. The SMILES string of the molecule is [C-]#[N+]/C(C#N)=c1/sc2c(s1)c1c(=O)n(-c3ccc([N+]#[C-])cc3)c(=O)c3c(Oc4cccc(C#N)c4)cc4c(=O)n(-c5ccc(C#N)cc5)c(=O)c2c4c31. The molecule has 0 radical (unpaired) electrons. The average molecular weight is 724 g/mol. The Hall–Kier alpha value is -7.93. The topological polar surface area (TPSA) is 167 Å². The molecule has 0 unspecified atom stereocenters. The molecule has 0 aliphatic heterocycles. The smallest absolute Gasteiger partial charge is 0.288 e. The van der Waals surface area contributed by atoms with Crippen molar-refractivity contribution >= 4 is 75.8 Å². The Morgan fingerprint density at radius 2 is 1.25 bits per heavy atom. The zero-order valence-electron chi connectivity index (χ0n) is 26.5. The minimum absolute atomic E-state index is 0.0205. The maximum absolute atomic E-state index is 14.7. The van der Waals surface area contributed by atoms with Gasteiger partial charge in [-0.2, -0.15) is 10.5 Å². The molecule has 53 heavy (non-hydrogen) atoms. The van der Waals surface area contributed by atoms with Crippen LogP contribution in [0.4, 0.5) is 5.69 Å². The van der Waals surface area contributed by atoms with Gasteiger partial charge >= 0.3 is 0 Å². The molecule has 12 nitrogen and oxygen atoms in total. The predicted molar refractivity (Wildman–Crippen MR) is 200 cm³/mol. The van der Waals surface area contributed by atoms with Crippen molar-refractivity contribution < 1.29 is 4.74 Å². The van der Waals surface area contributed by atoms with E-state index in [1.165, 1.54) is 60.7 Å². The predicted octanol–water partition coefficient (Wildman–Crippen LogP) is 6.24. The van der Waals surface area contributed by atoms with Gasteiger partial charge in [-0.25, -0.2) is 24.1 Å². The first-order chi connectivity index (χ1) is 25.7. The summed E-state index contributed by atoms with van der Waals surface area (Å²) in [5.41, 5.74) is -2.46. The maximum Gasteiger partial charge on any atom is 0.288 e. The van der Waals surface area contributed by atoms with Crippen molar-refractivity contribution in [1.29, 1.82) is 15.8 Å². The highest BCUT2D eigenvalue weighted by Gasteiger charge is 2.29. The first-order valence-electron chi connectivity index (χ1n) is 15.2. The molecule has 0 spiro atoms. The van der Waals surface area contributed by atoms with E-state index in [0.717, 1.165) is 31.8 Å². The fraction of sp³-hybridized carbons (Fsp3) is 0. The van der Waals surface area contributed by atoms with Gasteiger partial charge < -0.3 is 4.74 Å². The number of hydrogen-bond acceptors (Lipinski definition) is 10. The molecular formula is C39H13N7O5S2. The van der Waals surface area contributed by atoms with Gasteiger partial charge in [0.2, 0.25) is 0 Å². The average Bonchev–Trinajstić information content (AvgIpc) is 3.61. The number of nitriles is 3. The molecule has 14 heteroatoms. The summed E-state index contributed by atoms with van der Waals surface area (Å²) in [6.07, 6.45) is 0. The molecule has 0 aliphatic rings. The minimum atomic E-state index is -0.846. The molecule has 246 valence electrons. The Kier molecular flexibility index (Phi) is 7.39. The lowest BCUT2D eigenvalue weighted by Gasteiger charge is -2.18. The normalized spacial score (nSPS) is 11.5. The summed E-state index contributed by atoms with van der Waals surface area (Å²) in [6.45, 7) is 15.0. The van der Waals surface area contributed by atoms with Gasteiger partial charge in [0, 0.05) is 16.5 Å². The van der Waals surface area contributed by atoms with Crippen molar-refractivity contribution in [3.8, 4) is 41.1 Å². The molecule has 0 bridgehead atoms. The van der Waals surface area contributed by atoms with Gasteiger partial charge in [0.15, 0.2) is 5.69 Å². The molecule has 0 aliphatic carbocycles. The molecule has 3 aromatic heterocycles. The highest BCUT2D eigenvalue weighted by molar-refractivity contribution is 7.37. The molecule has 8 rings (SSSR count). The van der Waals surface area contributed by atoms with Crippen molar-refractivity contribution in [3.05, 3.63) is 158 Å². The second-order valence-corrected chi connectivity index (χ2v) is 13.7. The van der Waals surface area contributed by atoms with E-state index >= 15 is 0 Å². The van der Waals surface area contributed by atoms with E-state index in [1.807, 2.05) is 18.2 Å². The standard InChI is InChI=1S/C39H13N7O5S2/c1-43-21-8-12-23(13-9-21)46-36(48)29-27(51-24-5-3-4-20(14-24)17-41)15-25-28-30(29)32(38(46)50)34-33(52-39(53-34)26(18-42)44-2)31(28)37(49)45(35(25)47)22-10-6-19(16-40)7-11-22/h3-15H/b39-26-. The number of benzene rings is 5. The lowest BCUT2D eigenvalue weighted by atomic mass is 9.95. The van der Waals surface area contributed by atoms with Crippen LogP contribution in [0.15, 0.2) is 98.0 Å².